The number of para-hydroxylation sites is 1. The Morgan fingerprint density at radius 1 is 0.678 bits per heavy atom. The molecule has 1 aliphatic rings. The van der Waals surface area contributed by atoms with Crippen molar-refractivity contribution in [2.24, 2.45) is 33.8 Å². The highest BCUT2D eigenvalue weighted by Crippen LogP contribution is 2.21. The van der Waals surface area contributed by atoms with Crippen molar-refractivity contribution in [3.8, 4) is 0 Å². The fourth-order valence-electron chi connectivity index (χ4n) is 9.01. The Kier molecular flexibility index (Phi) is 32.9. The Hall–Kier alpha value is -7.36. The minimum atomic E-state index is -1.41. The number of carboxylic acids is 1. The summed E-state index contributed by atoms with van der Waals surface area (Å²) in [6.45, 7) is 3.72. The van der Waals surface area contributed by atoms with Gasteiger partial charge in [0.1, 0.15) is 48.3 Å². The number of thioether (sulfide) groups is 1. The Morgan fingerprint density at radius 2 is 1.24 bits per heavy atom. The average molecular weight is 1280 g/mol. The number of benzene rings is 1. The number of unbranched alkanes of at least 4 members (excludes halogenated alkanes) is 1. The number of carbonyl (C=O) groups excluding carboxylic acids is 11. The van der Waals surface area contributed by atoms with Crippen LogP contribution in [0.15, 0.2) is 35.5 Å². The maximum absolute atomic E-state index is 14.3. The number of rotatable bonds is 39. The molecule has 0 unspecified atom stereocenters. The van der Waals surface area contributed by atoms with Crippen molar-refractivity contribution in [2.45, 2.75) is 139 Å². The van der Waals surface area contributed by atoms with Crippen molar-refractivity contribution < 1.29 is 62.6 Å². The highest BCUT2D eigenvalue weighted by Gasteiger charge is 2.38. The summed E-state index contributed by atoms with van der Waals surface area (Å²) in [7, 11) is 0. The Balaban J connectivity index is 1.75. The van der Waals surface area contributed by atoms with E-state index < -0.39 is 145 Å². The number of aliphatic imine (C=N–C) groups is 1. The number of guanidine groups is 1. The summed E-state index contributed by atoms with van der Waals surface area (Å²) in [5, 5.41) is 35.7. The zero-order valence-corrected chi connectivity index (χ0v) is 52.1. The van der Waals surface area contributed by atoms with Gasteiger partial charge in [0.2, 0.25) is 65.0 Å². The number of nitrogens with two attached hydrogens (primary N) is 4. The first kappa shape index (κ1) is 73.9. The molecule has 0 radical (unpaired) electrons. The van der Waals surface area contributed by atoms with E-state index in [1.807, 2.05) is 12.3 Å². The number of nitrogens with one attached hydrogen (secondary N) is 11. The summed E-state index contributed by atoms with van der Waals surface area (Å²) in [6.07, 6.45) is 5.45. The van der Waals surface area contributed by atoms with Gasteiger partial charge in [0.15, 0.2) is 5.96 Å². The van der Waals surface area contributed by atoms with Gasteiger partial charge in [-0.3, -0.25) is 57.7 Å². The van der Waals surface area contributed by atoms with Gasteiger partial charge in [0, 0.05) is 48.1 Å². The van der Waals surface area contributed by atoms with Crippen LogP contribution >= 0.6 is 37.0 Å². The molecule has 0 bridgehead atoms. The molecule has 20 N–H and O–H groups in total. The third kappa shape index (κ3) is 25.9. The summed E-state index contributed by atoms with van der Waals surface area (Å²) in [5.74, 6) is -9.91. The topological polar surface area (TPSA) is 481 Å². The van der Waals surface area contributed by atoms with E-state index in [1.54, 1.807) is 38.2 Å². The first-order valence-electron chi connectivity index (χ1n) is 28.6. The number of carbonyl (C=O) groups is 12. The smallest absolute Gasteiger partial charge is 0.326 e. The van der Waals surface area contributed by atoms with Crippen LogP contribution in [0.5, 0.6) is 0 Å². The third-order valence-corrected chi connectivity index (χ3v) is 15.1. The number of aliphatic carboxylic acids is 1. The van der Waals surface area contributed by atoms with Crippen LogP contribution in [-0.4, -0.2) is 209 Å². The maximum atomic E-state index is 14.3. The molecule has 3 rings (SSSR count). The van der Waals surface area contributed by atoms with Crippen molar-refractivity contribution in [3.63, 3.8) is 0 Å². The molecule has 0 spiro atoms. The number of carboxylic acid groups (broad SMARTS) is 1. The van der Waals surface area contributed by atoms with E-state index in [0.29, 0.717) is 37.1 Å². The quantitative estimate of drug-likeness (QED) is 0.0130. The summed E-state index contributed by atoms with van der Waals surface area (Å²) in [5.41, 5.74) is 23.6. The molecular weight excluding hydrogens is 1190 g/mol. The fourth-order valence-corrected chi connectivity index (χ4v) is 10.00. The zero-order valence-electron chi connectivity index (χ0n) is 49.4. The average Bonchev–Trinajstić information content (AvgIpc) is 2.41. The van der Waals surface area contributed by atoms with Crippen LogP contribution in [0.4, 0.5) is 0 Å². The summed E-state index contributed by atoms with van der Waals surface area (Å²) in [6, 6.07) is -3.61. The molecule has 30 nitrogen and oxygen atoms in total. The van der Waals surface area contributed by atoms with Gasteiger partial charge in [0.25, 0.3) is 0 Å². The molecule has 2 heterocycles. The van der Waals surface area contributed by atoms with E-state index in [1.165, 1.54) is 23.6 Å². The lowest BCUT2D eigenvalue weighted by molar-refractivity contribution is -0.142. The molecule has 0 saturated carbocycles. The minimum absolute atomic E-state index is 0.0391. The molecule has 1 aliphatic heterocycles. The van der Waals surface area contributed by atoms with E-state index in [9.17, 15) is 62.6 Å². The Morgan fingerprint density at radius 3 is 1.86 bits per heavy atom. The van der Waals surface area contributed by atoms with Gasteiger partial charge in [-0.25, -0.2) is 4.79 Å². The van der Waals surface area contributed by atoms with Gasteiger partial charge in [-0.05, 0) is 101 Å². The predicted octanol–water partition coefficient (Wildman–Crippen LogP) is -4.28. The monoisotopic (exact) mass is 1280 g/mol. The number of H-pyrrole nitrogens is 1. The lowest BCUT2D eigenvalue weighted by atomic mass is 10.0. The second kappa shape index (κ2) is 38.7. The largest absolute Gasteiger partial charge is 0.480 e. The standard InChI is InChI=1S/C54H87N17O13S3/c1-29(2)21-37(50(80)68-38(22-31-23-60-33-12-6-5-11-32(31)33)46(76)62-24-42(72)61-25-43(73)64-36(53(83)84)13-7-8-17-55)67-51(81)40(28-86)70-48(78)34(14-9-18-59-54(57)58)66-52(82)41-15-10-19-71(41)44(74)26-63-47(77)39(27-85)69-49(79)35(16-20-87-4)65-45(75)30(3)56/h5-6,11-12,23,29-30,34-41,60,85-86H,7-10,13-22,24-28,55-56H2,1-4H3,(H,61,72)(H,62,76)(H,63,77)(H,64,73)(H,65,75)(H,66,82)(H,67,81)(H,68,80)(H,69,79)(H,70,78)(H,83,84)(H4,57,58,59)/t30-,34-,35-,36-,37-,38-,39-,40-,41-/m0/s1. The molecule has 0 aliphatic carbocycles. The zero-order chi connectivity index (χ0) is 64.8. The van der Waals surface area contributed by atoms with Gasteiger partial charge in [-0.1, -0.05) is 32.0 Å². The number of hydrogen-bond acceptors (Lipinski definition) is 18. The van der Waals surface area contributed by atoms with Gasteiger partial charge < -0.3 is 91.1 Å². The molecule has 1 aromatic carbocycles. The number of fused-ring (bicyclic) bond motifs is 1. The molecule has 2 aromatic rings. The van der Waals surface area contributed by atoms with Crippen LogP contribution < -0.4 is 76.1 Å². The van der Waals surface area contributed by atoms with Crippen LogP contribution in [0, 0.1) is 5.92 Å². The molecule has 1 fully saturated rings. The highest BCUT2D eigenvalue weighted by atomic mass is 32.2. The third-order valence-electron chi connectivity index (χ3n) is 13.7. The fraction of sp³-hybridized carbons (Fsp3) is 0.611. The highest BCUT2D eigenvalue weighted by molar-refractivity contribution is 7.98. The molecule has 484 valence electrons. The first-order chi connectivity index (χ1) is 41.3. The number of nitrogens with zero attached hydrogens (tertiary/aromatic N) is 2. The van der Waals surface area contributed by atoms with Crippen LogP contribution in [-0.2, 0) is 64.0 Å². The van der Waals surface area contributed by atoms with E-state index in [-0.39, 0.29) is 81.4 Å². The number of aromatic amines is 1. The summed E-state index contributed by atoms with van der Waals surface area (Å²) in [4.78, 5) is 168. The minimum Gasteiger partial charge on any atom is -0.480 e. The number of thiol groups is 2. The van der Waals surface area contributed by atoms with Crippen LogP contribution in [0.1, 0.15) is 84.1 Å². The van der Waals surface area contributed by atoms with Crippen molar-refractivity contribution in [1.29, 1.82) is 0 Å². The maximum Gasteiger partial charge on any atom is 0.326 e. The summed E-state index contributed by atoms with van der Waals surface area (Å²) < 4.78 is 0. The van der Waals surface area contributed by atoms with Gasteiger partial charge in [-0.2, -0.15) is 37.0 Å². The molecule has 11 amide bonds. The number of likely N-dealkylation sites (tertiary alicyclic amines) is 1. The van der Waals surface area contributed by atoms with Gasteiger partial charge in [0.05, 0.1) is 25.7 Å². The van der Waals surface area contributed by atoms with Crippen molar-refractivity contribution >= 4 is 125 Å². The van der Waals surface area contributed by atoms with Gasteiger partial charge in [-0.15, -0.1) is 0 Å². The molecule has 33 heteroatoms. The van der Waals surface area contributed by atoms with E-state index in [4.69, 9.17) is 22.9 Å². The van der Waals surface area contributed by atoms with Crippen molar-refractivity contribution in [3.05, 3.63) is 36.0 Å². The first-order valence-corrected chi connectivity index (χ1v) is 31.2. The van der Waals surface area contributed by atoms with Crippen molar-refractivity contribution in [2.75, 3.05) is 62.8 Å². The normalized spacial score (nSPS) is 15.6. The number of amides is 11. The summed E-state index contributed by atoms with van der Waals surface area (Å²) >= 11 is 9.98. The van der Waals surface area contributed by atoms with Crippen LogP contribution in [0.25, 0.3) is 10.9 Å². The SMILES string of the molecule is CSCC[C@H](NC(=O)[C@H](C)N)C(=O)N[C@@H](CS)C(=O)NCC(=O)N1CCC[C@H]1C(=O)N[C@@H](CCCN=C(N)N)C(=O)N[C@@H](CS)C(=O)N[C@@H](CC(C)C)C(=O)N[C@@H](Cc1c[nH]c2ccccc12)C(=O)NCC(=O)NCC(=O)N[C@@H](CCCCN)C(=O)O. The van der Waals surface area contributed by atoms with Crippen LogP contribution in [0.2, 0.25) is 0 Å². The lowest BCUT2D eigenvalue weighted by Gasteiger charge is -2.28. The van der Waals surface area contributed by atoms with E-state index >= 15 is 0 Å². The second-order valence-corrected chi connectivity index (χ2v) is 22.9. The lowest BCUT2D eigenvalue weighted by Crippen LogP contribution is -2.60. The molecule has 1 saturated heterocycles. The molecule has 87 heavy (non-hydrogen) atoms. The Bertz CT molecular complexity index is 2710. The van der Waals surface area contributed by atoms with Crippen LogP contribution in [0.3, 0.4) is 0 Å². The molecular formula is C54H87N17O13S3. The molecule has 1 aromatic heterocycles. The second-order valence-electron chi connectivity index (χ2n) is 21.1. The predicted molar refractivity (Wildman–Crippen MR) is 334 cm³/mol. The number of aromatic nitrogens is 1. The molecule has 9 atom stereocenters. The van der Waals surface area contributed by atoms with E-state index in [2.05, 4.69) is 88.4 Å². The van der Waals surface area contributed by atoms with Crippen molar-refractivity contribution in [1.82, 2.24) is 63.1 Å². The Labute approximate surface area is 520 Å². The van der Waals surface area contributed by atoms with E-state index in [0.717, 1.165) is 10.9 Å². The van der Waals surface area contributed by atoms with Gasteiger partial charge >= 0.3 is 5.97 Å². The number of hydrogen-bond donors (Lipinski definition) is 18.